The molecule has 0 aromatic carbocycles. The Labute approximate surface area is 94.7 Å². The van der Waals surface area contributed by atoms with Crippen LogP contribution in [0, 0.1) is 0 Å². The molecule has 0 spiro atoms. The van der Waals surface area contributed by atoms with Gasteiger partial charge in [-0.2, -0.15) is 0 Å². The van der Waals surface area contributed by atoms with E-state index in [0.29, 0.717) is 6.42 Å². The van der Waals surface area contributed by atoms with Crippen LogP contribution in [0.5, 0.6) is 0 Å². The minimum atomic E-state index is -1.12. The third-order valence-electron chi connectivity index (χ3n) is 2.39. The van der Waals surface area contributed by atoms with Crippen molar-refractivity contribution < 1.29 is 14.7 Å². The molecule has 0 aliphatic carbocycles. The number of nitrogens with zero attached hydrogens (tertiary/aromatic N) is 4. The third kappa shape index (κ3) is 1.72. The zero-order valence-corrected chi connectivity index (χ0v) is 8.92. The van der Waals surface area contributed by atoms with Crippen LogP contribution in [0.1, 0.15) is 6.42 Å². The molecule has 0 radical (unpaired) electrons. The number of carbonyl (C=O) groups is 2. The summed E-state index contributed by atoms with van der Waals surface area (Å²) in [6.07, 6.45) is 1.82. The second kappa shape index (κ2) is 4.07. The largest absolute Gasteiger partial charge is 0.477 e. The Hall–Kier alpha value is -1.66. The van der Waals surface area contributed by atoms with E-state index >= 15 is 0 Å². The van der Waals surface area contributed by atoms with Crippen LogP contribution in [-0.2, 0) is 9.59 Å². The van der Waals surface area contributed by atoms with Crippen molar-refractivity contribution in [3.63, 3.8) is 0 Å². The Kier molecular flexibility index (Phi) is 2.76. The zero-order valence-electron chi connectivity index (χ0n) is 8.11. The second-order valence-electron chi connectivity index (χ2n) is 3.37. The fourth-order valence-corrected chi connectivity index (χ4v) is 3.03. The number of aliphatic carboxylic acids is 1. The lowest BCUT2D eigenvalue weighted by Gasteiger charge is -2.44. The average Bonchev–Trinajstić information content (AvgIpc) is 2.23. The fraction of sp³-hybridized carbons (Fsp3) is 0.500. The summed E-state index contributed by atoms with van der Waals surface area (Å²) in [6, 6.07) is 0. The standard InChI is InChI=1S/C8H8N4O3S/c9-11-10-3-4-1-5(8(14)15)12-6(13)2-7(12)16-4/h1,4,7H,2-3H2,(H,14,15)/t4?,7-/m1/s1. The van der Waals surface area contributed by atoms with Crippen LogP contribution in [0.25, 0.3) is 10.4 Å². The molecule has 16 heavy (non-hydrogen) atoms. The predicted octanol–water partition coefficient (Wildman–Crippen LogP) is 0.939. The van der Waals surface area contributed by atoms with E-state index in [-0.39, 0.29) is 28.8 Å². The molecule has 2 atom stereocenters. The van der Waals surface area contributed by atoms with Crippen molar-refractivity contribution in [1.82, 2.24) is 4.90 Å². The molecule has 1 unspecified atom stereocenters. The van der Waals surface area contributed by atoms with E-state index in [1.807, 2.05) is 0 Å². The molecule has 7 nitrogen and oxygen atoms in total. The topological polar surface area (TPSA) is 106 Å². The molecule has 2 aliphatic rings. The zero-order chi connectivity index (χ0) is 11.7. The Morgan fingerprint density at radius 1 is 1.81 bits per heavy atom. The van der Waals surface area contributed by atoms with Crippen molar-refractivity contribution in [2.75, 3.05) is 6.54 Å². The minimum Gasteiger partial charge on any atom is -0.477 e. The molecule has 0 saturated carbocycles. The number of rotatable bonds is 3. The van der Waals surface area contributed by atoms with Crippen molar-refractivity contribution in [3.8, 4) is 0 Å². The van der Waals surface area contributed by atoms with Gasteiger partial charge < -0.3 is 5.11 Å². The summed E-state index contributed by atoms with van der Waals surface area (Å²) in [5.41, 5.74) is 8.19. The molecule has 0 aromatic rings. The summed E-state index contributed by atoms with van der Waals surface area (Å²) < 4.78 is 0. The highest BCUT2D eigenvalue weighted by Gasteiger charge is 2.45. The summed E-state index contributed by atoms with van der Waals surface area (Å²) in [7, 11) is 0. The molecule has 2 rings (SSSR count). The van der Waals surface area contributed by atoms with Gasteiger partial charge >= 0.3 is 5.97 Å². The minimum absolute atomic E-state index is 0.00172. The lowest BCUT2D eigenvalue weighted by molar-refractivity contribution is -0.146. The van der Waals surface area contributed by atoms with Gasteiger partial charge in [0.15, 0.2) is 0 Å². The summed E-state index contributed by atoms with van der Waals surface area (Å²) >= 11 is 1.45. The van der Waals surface area contributed by atoms with E-state index in [2.05, 4.69) is 10.0 Å². The van der Waals surface area contributed by atoms with Crippen LogP contribution in [0.2, 0.25) is 0 Å². The number of hydrogen-bond acceptors (Lipinski definition) is 4. The summed E-state index contributed by atoms with van der Waals surface area (Å²) in [4.78, 5) is 26.1. The summed E-state index contributed by atoms with van der Waals surface area (Å²) in [5.74, 6) is -1.29. The lowest BCUT2D eigenvalue weighted by Crippen LogP contribution is -2.54. The average molecular weight is 240 g/mol. The van der Waals surface area contributed by atoms with E-state index in [1.54, 1.807) is 0 Å². The Balaban J connectivity index is 2.21. The molecule has 0 aromatic heterocycles. The van der Waals surface area contributed by atoms with Crippen molar-refractivity contribution in [2.24, 2.45) is 5.11 Å². The van der Waals surface area contributed by atoms with E-state index in [9.17, 15) is 9.59 Å². The molecule has 0 bridgehead atoms. The number of β-lactam (4-membered cyclic amide) rings is 1. The number of azide groups is 1. The molecular formula is C8H8N4O3S. The highest BCUT2D eigenvalue weighted by molar-refractivity contribution is 8.00. The van der Waals surface area contributed by atoms with Crippen LogP contribution in [0.15, 0.2) is 16.9 Å². The monoisotopic (exact) mass is 240 g/mol. The van der Waals surface area contributed by atoms with Crippen LogP contribution in [0.4, 0.5) is 0 Å². The van der Waals surface area contributed by atoms with Crippen LogP contribution < -0.4 is 0 Å². The highest BCUT2D eigenvalue weighted by atomic mass is 32.2. The normalized spacial score (nSPS) is 27.4. The van der Waals surface area contributed by atoms with Crippen molar-refractivity contribution in [3.05, 3.63) is 22.2 Å². The number of carboxylic acids is 1. The van der Waals surface area contributed by atoms with E-state index in [4.69, 9.17) is 10.6 Å². The molecule has 1 saturated heterocycles. The van der Waals surface area contributed by atoms with Gasteiger partial charge in [-0.1, -0.05) is 5.11 Å². The number of thioether (sulfide) groups is 1. The van der Waals surface area contributed by atoms with Gasteiger partial charge in [0.05, 0.1) is 11.8 Å². The number of amides is 1. The smallest absolute Gasteiger partial charge is 0.352 e. The first-order chi connectivity index (χ1) is 7.63. The number of carboxylic acid groups (broad SMARTS) is 1. The molecule has 1 amide bonds. The van der Waals surface area contributed by atoms with Crippen LogP contribution >= 0.6 is 11.8 Å². The van der Waals surface area contributed by atoms with Crippen molar-refractivity contribution in [1.29, 1.82) is 0 Å². The van der Waals surface area contributed by atoms with Gasteiger partial charge in [-0.15, -0.1) is 11.8 Å². The molecular weight excluding hydrogens is 232 g/mol. The first kappa shape index (κ1) is 10.8. The molecule has 1 N–H and O–H groups in total. The van der Waals surface area contributed by atoms with Crippen LogP contribution in [-0.4, -0.2) is 39.1 Å². The number of hydrogen-bond donors (Lipinski definition) is 1. The SMILES string of the molecule is [N-]=[N+]=NCC1C=C(C(=O)O)N2C(=O)C[C@H]2S1. The van der Waals surface area contributed by atoms with E-state index < -0.39 is 5.97 Å². The molecule has 8 heteroatoms. The van der Waals surface area contributed by atoms with Gasteiger partial charge in [0, 0.05) is 16.7 Å². The Morgan fingerprint density at radius 2 is 2.56 bits per heavy atom. The van der Waals surface area contributed by atoms with Gasteiger partial charge in [0.2, 0.25) is 5.91 Å². The number of carbonyl (C=O) groups excluding carboxylic acids is 1. The summed E-state index contributed by atoms with van der Waals surface area (Å²) in [5, 5.41) is 12.1. The first-order valence-corrected chi connectivity index (χ1v) is 5.51. The Morgan fingerprint density at radius 3 is 3.12 bits per heavy atom. The fourth-order valence-electron chi connectivity index (χ4n) is 1.67. The first-order valence-electron chi connectivity index (χ1n) is 4.57. The van der Waals surface area contributed by atoms with Gasteiger partial charge in [-0.05, 0) is 11.6 Å². The quantitative estimate of drug-likeness (QED) is 0.343. The molecule has 2 aliphatic heterocycles. The maximum Gasteiger partial charge on any atom is 0.352 e. The third-order valence-corrected chi connectivity index (χ3v) is 3.71. The molecule has 1 fully saturated rings. The molecule has 84 valence electrons. The predicted molar refractivity (Wildman–Crippen MR) is 56.4 cm³/mol. The lowest BCUT2D eigenvalue weighted by atomic mass is 10.1. The van der Waals surface area contributed by atoms with Crippen molar-refractivity contribution in [2.45, 2.75) is 17.0 Å². The van der Waals surface area contributed by atoms with Gasteiger partial charge in [0.25, 0.3) is 0 Å². The van der Waals surface area contributed by atoms with E-state index in [0.717, 1.165) is 0 Å². The van der Waals surface area contributed by atoms with Gasteiger partial charge in [-0.25, -0.2) is 4.79 Å². The van der Waals surface area contributed by atoms with E-state index in [1.165, 1.54) is 22.7 Å². The molecule has 2 heterocycles. The maximum atomic E-state index is 11.2. The number of fused-ring (bicyclic) bond motifs is 1. The second-order valence-corrected chi connectivity index (χ2v) is 4.79. The van der Waals surface area contributed by atoms with Gasteiger partial charge in [0.1, 0.15) is 5.70 Å². The maximum absolute atomic E-state index is 11.2. The van der Waals surface area contributed by atoms with Gasteiger partial charge in [-0.3, -0.25) is 9.69 Å². The highest BCUT2D eigenvalue weighted by Crippen LogP contribution is 2.40. The van der Waals surface area contributed by atoms with Crippen molar-refractivity contribution >= 4 is 23.6 Å². The van der Waals surface area contributed by atoms with Crippen LogP contribution in [0.3, 0.4) is 0 Å². The Bertz CT molecular complexity index is 429. The summed E-state index contributed by atoms with van der Waals surface area (Å²) in [6.45, 7) is 0.205.